The van der Waals surface area contributed by atoms with Crippen LogP contribution in [0, 0.1) is 25.2 Å². The number of benzene rings is 1. The monoisotopic (exact) mass is 398 g/mol. The molecular weight excluding hydrogens is 368 g/mol. The smallest absolute Gasteiger partial charge is 0.218 e. The summed E-state index contributed by atoms with van der Waals surface area (Å²) in [6.07, 6.45) is 3.69. The maximum absolute atomic E-state index is 9.75. The molecule has 0 saturated carbocycles. The molecule has 1 aromatic carbocycles. The lowest BCUT2D eigenvalue weighted by Gasteiger charge is -2.24. The summed E-state index contributed by atoms with van der Waals surface area (Å²) in [4.78, 5) is 6.58. The first-order chi connectivity index (χ1) is 13.3. The van der Waals surface area contributed by atoms with E-state index < -0.39 is 0 Å². The lowest BCUT2D eigenvalue weighted by molar-refractivity contribution is 0.426. The molecule has 0 radical (unpaired) electrons. The molecule has 150 valence electrons. The van der Waals surface area contributed by atoms with Crippen LogP contribution >= 0.6 is 11.5 Å². The Morgan fingerprint density at radius 1 is 1.25 bits per heavy atom. The average molecular weight is 399 g/mol. The largest absolute Gasteiger partial charge is 0.443 e. The number of rotatable bonds is 8. The molecular formula is C22H30N4OS. The fourth-order valence-corrected chi connectivity index (χ4v) is 3.65. The van der Waals surface area contributed by atoms with E-state index in [9.17, 15) is 5.26 Å². The maximum atomic E-state index is 9.75. The summed E-state index contributed by atoms with van der Waals surface area (Å²) in [5.74, 6) is 0.738. The van der Waals surface area contributed by atoms with Gasteiger partial charge in [0.05, 0.1) is 17.7 Å². The average Bonchev–Trinajstić information content (AvgIpc) is 3.11. The molecule has 0 unspecified atom stereocenters. The molecule has 5 nitrogen and oxygen atoms in total. The van der Waals surface area contributed by atoms with E-state index in [1.165, 1.54) is 11.5 Å². The molecule has 0 aliphatic carbocycles. The van der Waals surface area contributed by atoms with E-state index in [0.717, 1.165) is 47.6 Å². The topological polar surface area (TPSA) is 61.5 Å². The van der Waals surface area contributed by atoms with Gasteiger partial charge in [-0.3, -0.25) is 0 Å². The number of hydrogen-bond acceptors (Lipinski definition) is 5. The summed E-state index contributed by atoms with van der Waals surface area (Å²) in [7, 11) is 1.99. The lowest BCUT2D eigenvalue weighted by atomic mass is 9.80. The van der Waals surface area contributed by atoms with E-state index in [2.05, 4.69) is 43.1 Å². The molecule has 0 fully saturated rings. The highest BCUT2D eigenvalue weighted by Crippen LogP contribution is 2.41. The fraction of sp³-hybridized carbons (Fsp3) is 0.500. The third kappa shape index (κ3) is 4.53. The highest BCUT2D eigenvalue weighted by atomic mass is 32.1. The number of aromatic nitrogens is 1. The molecule has 0 bridgehead atoms. The second-order valence-electron chi connectivity index (χ2n) is 7.40. The van der Waals surface area contributed by atoms with Crippen molar-refractivity contribution < 1.29 is 4.74 Å². The normalized spacial score (nSPS) is 11.6. The van der Waals surface area contributed by atoms with Crippen LogP contribution < -0.4 is 4.74 Å². The van der Waals surface area contributed by atoms with Crippen molar-refractivity contribution in [1.82, 2.24) is 9.27 Å². The van der Waals surface area contributed by atoms with Crippen molar-refractivity contribution in [3.05, 3.63) is 34.5 Å². The van der Waals surface area contributed by atoms with E-state index in [4.69, 9.17) is 4.74 Å². The second kappa shape index (κ2) is 9.20. The minimum atomic E-state index is -0.113. The van der Waals surface area contributed by atoms with Crippen molar-refractivity contribution in [2.45, 2.75) is 59.8 Å². The molecule has 0 aliphatic rings. The van der Waals surface area contributed by atoms with Gasteiger partial charge >= 0.3 is 0 Å². The molecule has 0 aliphatic heterocycles. The Bertz CT molecular complexity index is 891. The molecule has 0 spiro atoms. The van der Waals surface area contributed by atoms with Gasteiger partial charge in [0.15, 0.2) is 0 Å². The van der Waals surface area contributed by atoms with Gasteiger partial charge in [0.1, 0.15) is 17.4 Å². The highest BCUT2D eigenvalue weighted by molar-refractivity contribution is 7.08. The lowest BCUT2D eigenvalue weighted by Crippen LogP contribution is -2.21. The molecule has 0 saturated heterocycles. The quantitative estimate of drug-likeness (QED) is 0.397. The van der Waals surface area contributed by atoms with Crippen molar-refractivity contribution in [1.29, 1.82) is 5.26 Å². The van der Waals surface area contributed by atoms with Gasteiger partial charge in [-0.2, -0.15) is 9.64 Å². The first kappa shape index (κ1) is 21.9. The zero-order valence-electron chi connectivity index (χ0n) is 18.0. The summed E-state index contributed by atoms with van der Waals surface area (Å²) in [5.41, 5.74) is 4.21. The fourth-order valence-electron chi connectivity index (χ4n) is 2.81. The third-order valence-corrected chi connectivity index (χ3v) is 6.22. The number of nitriles is 1. The molecule has 0 N–H and O–H groups in total. The summed E-state index contributed by atoms with van der Waals surface area (Å²) < 4.78 is 10.7. The van der Waals surface area contributed by atoms with Gasteiger partial charge in [0, 0.05) is 30.5 Å². The SMILES string of the molecule is CCN(C)C=Nc1cc(C)c(Oc2snc(C(C)(CC)CC)c2C#N)cc1C. The Kier molecular flexibility index (Phi) is 7.20. The van der Waals surface area contributed by atoms with E-state index in [0.29, 0.717) is 10.6 Å². The molecule has 1 aromatic heterocycles. The van der Waals surface area contributed by atoms with Crippen molar-refractivity contribution >= 4 is 23.6 Å². The van der Waals surface area contributed by atoms with E-state index >= 15 is 0 Å². The zero-order chi connectivity index (χ0) is 20.9. The van der Waals surface area contributed by atoms with E-state index in [1.54, 1.807) is 0 Å². The molecule has 1 heterocycles. The Morgan fingerprint density at radius 3 is 2.50 bits per heavy atom. The van der Waals surface area contributed by atoms with Gasteiger partial charge in [0.25, 0.3) is 0 Å². The van der Waals surface area contributed by atoms with Gasteiger partial charge in [0.2, 0.25) is 5.06 Å². The number of ether oxygens (including phenoxy) is 1. The predicted molar refractivity (Wildman–Crippen MR) is 117 cm³/mol. The number of aliphatic imine (C=N–C) groups is 1. The molecule has 2 rings (SSSR count). The molecule has 2 aromatic rings. The van der Waals surface area contributed by atoms with Crippen LogP contribution in [0.2, 0.25) is 0 Å². The van der Waals surface area contributed by atoms with Crippen LogP contribution in [-0.4, -0.2) is 29.2 Å². The van der Waals surface area contributed by atoms with Crippen LogP contribution in [0.25, 0.3) is 0 Å². The van der Waals surface area contributed by atoms with Crippen molar-refractivity contribution in [3.8, 4) is 16.9 Å². The maximum Gasteiger partial charge on any atom is 0.218 e. The van der Waals surface area contributed by atoms with Crippen LogP contribution in [-0.2, 0) is 5.41 Å². The summed E-state index contributed by atoms with van der Waals surface area (Å²) in [6.45, 7) is 13.4. The van der Waals surface area contributed by atoms with Crippen molar-refractivity contribution in [2.75, 3.05) is 13.6 Å². The first-order valence-corrected chi connectivity index (χ1v) is 10.5. The van der Waals surface area contributed by atoms with Gasteiger partial charge in [-0.25, -0.2) is 4.99 Å². The first-order valence-electron chi connectivity index (χ1n) is 9.73. The van der Waals surface area contributed by atoms with E-state index in [-0.39, 0.29) is 5.41 Å². The van der Waals surface area contributed by atoms with Crippen LogP contribution in [0.1, 0.15) is 62.9 Å². The number of aryl methyl sites for hydroxylation is 2. The standard InChI is InChI=1S/C22H30N4OS/c1-8-22(6,9-2)20-17(13-23)21(28-25-20)27-19-12-15(4)18(11-16(19)5)24-14-26(7)10-3/h11-12,14H,8-10H2,1-7H3. The molecule has 28 heavy (non-hydrogen) atoms. The molecule has 6 heteroatoms. The van der Waals surface area contributed by atoms with Crippen LogP contribution in [0.3, 0.4) is 0 Å². The van der Waals surface area contributed by atoms with Crippen molar-refractivity contribution in [2.24, 2.45) is 4.99 Å². The summed E-state index contributed by atoms with van der Waals surface area (Å²) in [5, 5.41) is 10.3. The Labute approximate surface area is 172 Å². The van der Waals surface area contributed by atoms with Gasteiger partial charge in [-0.15, -0.1) is 0 Å². The Morgan fingerprint density at radius 2 is 1.93 bits per heavy atom. The number of hydrogen-bond donors (Lipinski definition) is 0. The van der Waals surface area contributed by atoms with Crippen LogP contribution in [0.15, 0.2) is 17.1 Å². The minimum absolute atomic E-state index is 0.113. The van der Waals surface area contributed by atoms with Crippen LogP contribution in [0.5, 0.6) is 10.8 Å². The predicted octanol–water partition coefficient (Wildman–Crippen LogP) is 6.11. The zero-order valence-corrected chi connectivity index (χ0v) is 18.8. The van der Waals surface area contributed by atoms with Gasteiger partial charge in [-0.1, -0.05) is 20.8 Å². The Balaban J connectivity index is 2.37. The summed E-state index contributed by atoms with van der Waals surface area (Å²) >= 11 is 1.26. The molecule has 0 amide bonds. The minimum Gasteiger partial charge on any atom is -0.443 e. The van der Waals surface area contributed by atoms with E-state index in [1.807, 2.05) is 44.3 Å². The Hall–Kier alpha value is -2.39. The highest BCUT2D eigenvalue weighted by Gasteiger charge is 2.31. The third-order valence-electron chi connectivity index (χ3n) is 5.49. The second-order valence-corrected chi connectivity index (χ2v) is 8.13. The van der Waals surface area contributed by atoms with Gasteiger partial charge < -0.3 is 9.64 Å². The van der Waals surface area contributed by atoms with Crippen LogP contribution in [0.4, 0.5) is 5.69 Å². The summed E-state index contributed by atoms with van der Waals surface area (Å²) in [6, 6.07) is 6.31. The van der Waals surface area contributed by atoms with Gasteiger partial charge in [-0.05, 0) is 56.9 Å². The van der Waals surface area contributed by atoms with Crippen molar-refractivity contribution in [3.63, 3.8) is 0 Å². The number of nitrogens with zero attached hydrogens (tertiary/aromatic N) is 4. The molecule has 0 atom stereocenters.